The van der Waals surface area contributed by atoms with E-state index in [-0.39, 0.29) is 28.6 Å². The third-order valence-corrected chi connectivity index (χ3v) is 8.14. The summed E-state index contributed by atoms with van der Waals surface area (Å²) in [5.74, 6) is 1.01. The van der Waals surface area contributed by atoms with E-state index in [0.717, 1.165) is 44.8 Å². The zero-order chi connectivity index (χ0) is 17.8. The van der Waals surface area contributed by atoms with Gasteiger partial charge in [-0.25, -0.2) is 0 Å². The van der Waals surface area contributed by atoms with Crippen LogP contribution in [0.1, 0.15) is 65.7 Å². The molecule has 3 saturated carbocycles. The molecule has 3 fully saturated rings. The molecular formula is C20H32O4. The van der Waals surface area contributed by atoms with Crippen molar-refractivity contribution in [3.63, 3.8) is 0 Å². The molecule has 0 radical (unpaired) electrons. The van der Waals surface area contributed by atoms with Crippen LogP contribution in [0.25, 0.3) is 0 Å². The molecule has 0 aromatic carbocycles. The van der Waals surface area contributed by atoms with Crippen molar-refractivity contribution in [1.82, 2.24) is 0 Å². The average Bonchev–Trinajstić information content (AvgIpc) is 2.55. The fourth-order valence-electron chi connectivity index (χ4n) is 6.37. The van der Waals surface area contributed by atoms with Gasteiger partial charge in [0.15, 0.2) is 5.78 Å². The van der Waals surface area contributed by atoms with Crippen molar-refractivity contribution in [1.29, 1.82) is 0 Å². The summed E-state index contributed by atoms with van der Waals surface area (Å²) in [7, 11) is 0. The average molecular weight is 336 g/mol. The van der Waals surface area contributed by atoms with Crippen LogP contribution in [-0.2, 0) is 4.79 Å². The van der Waals surface area contributed by atoms with Crippen molar-refractivity contribution in [3.8, 4) is 0 Å². The number of aliphatic hydroxyl groups is 3. The highest BCUT2D eigenvalue weighted by molar-refractivity contribution is 5.97. The van der Waals surface area contributed by atoms with Gasteiger partial charge in [0, 0.05) is 17.4 Å². The molecule has 1 unspecified atom stereocenters. The Balaban J connectivity index is 1.92. The Labute approximate surface area is 145 Å². The predicted octanol–water partition coefficient (Wildman–Crippen LogP) is 3.37. The molecule has 3 rings (SSSR count). The molecule has 0 saturated heterocycles. The summed E-state index contributed by atoms with van der Waals surface area (Å²) < 4.78 is 0. The summed E-state index contributed by atoms with van der Waals surface area (Å²) in [6.07, 6.45) is 6.63. The van der Waals surface area contributed by atoms with Gasteiger partial charge in [-0.3, -0.25) is 4.79 Å². The minimum Gasteiger partial charge on any atom is -0.515 e. The van der Waals surface area contributed by atoms with E-state index in [1.807, 2.05) is 0 Å². The molecule has 0 spiro atoms. The van der Waals surface area contributed by atoms with Crippen LogP contribution in [0.5, 0.6) is 0 Å². The van der Waals surface area contributed by atoms with Gasteiger partial charge in [0.1, 0.15) is 0 Å². The van der Waals surface area contributed by atoms with Crippen molar-refractivity contribution < 1.29 is 20.1 Å². The quantitative estimate of drug-likeness (QED) is 0.534. The smallest absolute Gasteiger partial charge is 0.162 e. The van der Waals surface area contributed by atoms with Crippen LogP contribution in [-0.4, -0.2) is 33.8 Å². The topological polar surface area (TPSA) is 77.8 Å². The molecule has 0 heterocycles. The molecule has 6 atom stereocenters. The highest BCUT2D eigenvalue weighted by atomic mass is 16.3. The molecule has 0 bridgehead atoms. The molecule has 3 aliphatic carbocycles. The van der Waals surface area contributed by atoms with Crippen LogP contribution in [0.15, 0.2) is 11.8 Å². The van der Waals surface area contributed by atoms with Crippen LogP contribution in [0, 0.1) is 28.1 Å². The largest absolute Gasteiger partial charge is 0.515 e. The van der Waals surface area contributed by atoms with Gasteiger partial charge >= 0.3 is 0 Å². The lowest BCUT2D eigenvalue weighted by Gasteiger charge is -2.62. The SMILES string of the molecule is C[C@]1(C(O)CO)CC[C@@]2(C)[C@@H](CC[C@]3(C)C(=CO)C(=O)CC[C@H]23)C1. The molecule has 0 aliphatic heterocycles. The van der Waals surface area contributed by atoms with Gasteiger partial charge < -0.3 is 15.3 Å². The van der Waals surface area contributed by atoms with Gasteiger partial charge in [0.2, 0.25) is 0 Å². The maximum absolute atomic E-state index is 12.3. The third kappa shape index (κ3) is 2.37. The Morgan fingerprint density at radius 3 is 2.54 bits per heavy atom. The minimum absolute atomic E-state index is 0.106. The molecule has 0 aromatic rings. The van der Waals surface area contributed by atoms with Crippen LogP contribution >= 0.6 is 0 Å². The fraction of sp³-hybridized carbons (Fsp3) is 0.850. The predicted molar refractivity (Wildman–Crippen MR) is 92.4 cm³/mol. The van der Waals surface area contributed by atoms with E-state index >= 15 is 0 Å². The summed E-state index contributed by atoms with van der Waals surface area (Å²) in [6, 6.07) is 0. The Morgan fingerprint density at radius 1 is 1.21 bits per heavy atom. The lowest BCUT2D eigenvalue weighted by Crippen LogP contribution is -2.56. The first-order valence-electron chi connectivity index (χ1n) is 9.38. The Hall–Kier alpha value is -0.870. The maximum Gasteiger partial charge on any atom is 0.162 e. The van der Waals surface area contributed by atoms with Crippen molar-refractivity contribution in [3.05, 3.63) is 11.8 Å². The molecular weight excluding hydrogens is 304 g/mol. The van der Waals surface area contributed by atoms with E-state index < -0.39 is 6.10 Å². The number of Topliss-reactive ketones (excluding diaryl/α,β-unsaturated/α-hetero) is 1. The summed E-state index contributed by atoms with van der Waals surface area (Å²) in [6.45, 7) is 6.45. The summed E-state index contributed by atoms with van der Waals surface area (Å²) in [5, 5.41) is 29.4. The second-order valence-corrected chi connectivity index (χ2v) is 9.27. The number of hydrogen-bond donors (Lipinski definition) is 3. The van der Waals surface area contributed by atoms with Crippen molar-refractivity contribution >= 4 is 5.78 Å². The van der Waals surface area contributed by atoms with Crippen molar-refractivity contribution in [2.24, 2.45) is 28.1 Å². The summed E-state index contributed by atoms with van der Waals surface area (Å²) in [5.41, 5.74) is 0.324. The number of allylic oxidation sites excluding steroid dienone is 1. The number of hydrogen-bond acceptors (Lipinski definition) is 4. The first-order valence-corrected chi connectivity index (χ1v) is 9.38. The first kappa shape index (κ1) is 17.9. The Bertz CT molecular complexity index is 556. The van der Waals surface area contributed by atoms with Crippen LogP contribution < -0.4 is 0 Å². The lowest BCUT2D eigenvalue weighted by molar-refractivity contribution is -0.144. The number of carbonyl (C=O) groups excluding carboxylic acids is 1. The molecule has 0 amide bonds. The highest BCUT2D eigenvalue weighted by Gasteiger charge is 2.60. The lowest BCUT2D eigenvalue weighted by atomic mass is 9.42. The molecule has 3 N–H and O–H groups in total. The first-order chi connectivity index (χ1) is 11.2. The van der Waals surface area contributed by atoms with E-state index in [1.165, 1.54) is 0 Å². The van der Waals surface area contributed by atoms with Gasteiger partial charge in [0.25, 0.3) is 0 Å². The second-order valence-electron chi connectivity index (χ2n) is 9.27. The number of aliphatic hydroxyl groups excluding tert-OH is 3. The molecule has 4 nitrogen and oxygen atoms in total. The number of ketones is 1. The van der Waals surface area contributed by atoms with E-state index in [2.05, 4.69) is 20.8 Å². The standard InChI is InChI=1S/C20H32O4/c1-18(17(24)12-22)8-9-19(2)13(10-18)6-7-20(3)14(11-21)15(23)4-5-16(19)20/h11,13,16-17,21-22,24H,4-10,12H2,1-3H3/t13-,16+,17?,18-,19-,20+/m0/s1. The van der Waals surface area contributed by atoms with E-state index in [9.17, 15) is 20.1 Å². The van der Waals surface area contributed by atoms with Crippen LogP contribution in [0.2, 0.25) is 0 Å². The number of fused-ring (bicyclic) bond motifs is 3. The van der Waals surface area contributed by atoms with Gasteiger partial charge in [0.05, 0.1) is 19.0 Å². The van der Waals surface area contributed by atoms with Gasteiger partial charge in [-0.2, -0.15) is 0 Å². The summed E-state index contributed by atoms with van der Waals surface area (Å²) in [4.78, 5) is 12.3. The van der Waals surface area contributed by atoms with E-state index in [0.29, 0.717) is 23.8 Å². The molecule has 0 aromatic heterocycles. The van der Waals surface area contributed by atoms with E-state index in [4.69, 9.17) is 0 Å². The maximum atomic E-state index is 12.3. The zero-order valence-electron chi connectivity index (χ0n) is 15.2. The Kier molecular flexibility index (Phi) is 4.37. The highest BCUT2D eigenvalue weighted by Crippen LogP contribution is 2.66. The third-order valence-electron chi connectivity index (χ3n) is 8.14. The number of carbonyl (C=O) groups is 1. The Morgan fingerprint density at radius 2 is 1.92 bits per heavy atom. The van der Waals surface area contributed by atoms with Gasteiger partial charge in [-0.1, -0.05) is 20.8 Å². The molecule has 24 heavy (non-hydrogen) atoms. The minimum atomic E-state index is -0.656. The second kappa shape index (κ2) is 5.84. The van der Waals surface area contributed by atoms with Crippen LogP contribution in [0.4, 0.5) is 0 Å². The molecule has 4 heteroatoms. The van der Waals surface area contributed by atoms with Gasteiger partial charge in [-0.05, 0) is 61.2 Å². The molecule has 3 aliphatic rings. The fourth-order valence-corrected chi connectivity index (χ4v) is 6.37. The van der Waals surface area contributed by atoms with Crippen molar-refractivity contribution in [2.75, 3.05) is 6.61 Å². The normalized spacial score (nSPS) is 48.7. The zero-order valence-corrected chi connectivity index (χ0v) is 15.2. The summed E-state index contributed by atoms with van der Waals surface area (Å²) >= 11 is 0. The number of rotatable bonds is 2. The van der Waals surface area contributed by atoms with E-state index in [1.54, 1.807) is 0 Å². The molecule has 136 valence electrons. The monoisotopic (exact) mass is 336 g/mol. The van der Waals surface area contributed by atoms with Crippen molar-refractivity contribution in [2.45, 2.75) is 71.8 Å². The van der Waals surface area contributed by atoms with Gasteiger partial charge in [-0.15, -0.1) is 0 Å². The van der Waals surface area contributed by atoms with Crippen LogP contribution in [0.3, 0.4) is 0 Å².